The molecule has 9 nitrogen and oxygen atoms in total. The van der Waals surface area contributed by atoms with Gasteiger partial charge in [0.15, 0.2) is 0 Å². The van der Waals surface area contributed by atoms with Crippen LogP contribution in [0.5, 0.6) is 5.75 Å². The highest BCUT2D eigenvalue weighted by Crippen LogP contribution is 2.32. The third kappa shape index (κ3) is 6.16. The molecule has 0 unspecified atom stereocenters. The fourth-order valence-electron chi connectivity index (χ4n) is 4.80. The molecule has 5 rings (SSSR count). The van der Waals surface area contributed by atoms with Crippen LogP contribution in [0.25, 0.3) is 22.2 Å². The predicted molar refractivity (Wildman–Crippen MR) is 162 cm³/mol. The van der Waals surface area contributed by atoms with Gasteiger partial charge in [-0.3, -0.25) is 0 Å². The summed E-state index contributed by atoms with van der Waals surface area (Å²) >= 11 is 2.31. The van der Waals surface area contributed by atoms with E-state index in [1.165, 1.54) is 17.1 Å². The Balaban J connectivity index is 1.32. The minimum absolute atomic E-state index is 0.215. The number of halogens is 1. The molecule has 1 aliphatic rings. The van der Waals surface area contributed by atoms with Crippen molar-refractivity contribution in [1.82, 2.24) is 24.4 Å². The average molecular weight is 659 g/mol. The van der Waals surface area contributed by atoms with Gasteiger partial charge in [0.05, 0.1) is 10.4 Å². The number of alkyl halides is 1. The molecule has 0 saturated carbocycles. The molecule has 3 aromatic carbocycles. The van der Waals surface area contributed by atoms with Gasteiger partial charge in [0, 0.05) is 30.3 Å². The van der Waals surface area contributed by atoms with Crippen LogP contribution < -0.4 is 5.32 Å². The van der Waals surface area contributed by atoms with Crippen LogP contribution in [0.1, 0.15) is 24.0 Å². The van der Waals surface area contributed by atoms with Gasteiger partial charge in [0.2, 0.25) is 16.0 Å². The van der Waals surface area contributed by atoms with Gasteiger partial charge in [-0.1, -0.05) is 28.7 Å². The number of rotatable bonds is 9. The van der Waals surface area contributed by atoms with Crippen molar-refractivity contribution in [2.45, 2.75) is 29.1 Å². The summed E-state index contributed by atoms with van der Waals surface area (Å²) in [6.07, 6.45) is 2.36. The van der Waals surface area contributed by atoms with Crippen LogP contribution in [0.2, 0.25) is 0 Å². The molecule has 1 aromatic heterocycles. The van der Waals surface area contributed by atoms with Crippen molar-refractivity contribution in [3.05, 3.63) is 65.7 Å². The molecule has 2 N–H and O–H groups in total. The molecular weight excluding hydrogens is 627 g/mol. The molecule has 2 heterocycles. The Morgan fingerprint density at radius 2 is 1.79 bits per heavy atom. The van der Waals surface area contributed by atoms with Gasteiger partial charge in [0.1, 0.15) is 11.3 Å². The molecule has 1 saturated heterocycles. The second-order valence-corrected chi connectivity index (χ2v) is 12.6. The summed E-state index contributed by atoms with van der Waals surface area (Å²) in [5, 5.41) is 21.8. The van der Waals surface area contributed by atoms with Crippen molar-refractivity contribution in [1.29, 1.82) is 0 Å². The maximum Gasteiger partial charge on any atom is 0.247 e. The SMILES string of the molecule is Cc1cc(-c2cc(O)ccc2CI)cc2nnc(Nc3ccc(S(=O)(=O)N(C)CCN4CCCC4)cc3)nc12. The number of sulfonamides is 1. The van der Waals surface area contributed by atoms with Crippen LogP contribution in [0.15, 0.2) is 59.5 Å². The lowest BCUT2D eigenvalue weighted by Crippen LogP contribution is -2.35. The molecule has 1 fully saturated rings. The highest BCUT2D eigenvalue weighted by atomic mass is 127. The molecule has 11 heteroatoms. The van der Waals surface area contributed by atoms with Gasteiger partial charge in [-0.25, -0.2) is 13.4 Å². The van der Waals surface area contributed by atoms with Crippen LogP contribution >= 0.6 is 22.6 Å². The molecule has 1 aliphatic heterocycles. The molecule has 0 bridgehead atoms. The fraction of sp³-hybridized carbons (Fsp3) is 0.321. The molecule has 39 heavy (non-hydrogen) atoms. The Labute approximate surface area is 242 Å². The van der Waals surface area contributed by atoms with Crippen LogP contribution in [-0.4, -0.2) is 71.1 Å². The van der Waals surface area contributed by atoms with Gasteiger partial charge in [0.25, 0.3) is 0 Å². The zero-order valence-corrected chi connectivity index (χ0v) is 24.9. The topological polar surface area (TPSA) is 112 Å². The lowest BCUT2D eigenvalue weighted by atomic mass is 9.98. The van der Waals surface area contributed by atoms with Crippen molar-refractivity contribution in [2.75, 3.05) is 38.5 Å². The van der Waals surface area contributed by atoms with E-state index in [2.05, 4.69) is 48.0 Å². The summed E-state index contributed by atoms with van der Waals surface area (Å²) in [6.45, 7) is 5.26. The summed E-state index contributed by atoms with van der Waals surface area (Å²) < 4.78 is 28.3. The van der Waals surface area contributed by atoms with E-state index in [-0.39, 0.29) is 10.6 Å². The van der Waals surface area contributed by atoms with Crippen molar-refractivity contribution in [3.8, 4) is 16.9 Å². The van der Waals surface area contributed by atoms with Gasteiger partial charge >= 0.3 is 0 Å². The summed E-state index contributed by atoms with van der Waals surface area (Å²) in [7, 11) is -1.94. The number of likely N-dealkylation sites (tertiary alicyclic amines) is 1. The number of likely N-dealkylation sites (N-methyl/N-ethyl adjacent to an activating group) is 1. The summed E-state index contributed by atoms with van der Waals surface area (Å²) in [6, 6.07) is 15.9. The first-order valence-corrected chi connectivity index (χ1v) is 15.8. The Bertz CT molecular complexity index is 1590. The van der Waals surface area contributed by atoms with Crippen LogP contribution in [0.3, 0.4) is 0 Å². The lowest BCUT2D eigenvalue weighted by molar-refractivity contribution is 0.310. The van der Waals surface area contributed by atoms with Crippen LogP contribution in [0, 0.1) is 6.92 Å². The van der Waals surface area contributed by atoms with Crippen molar-refractivity contribution in [3.63, 3.8) is 0 Å². The molecular formula is C28H31IN6O3S. The fourth-order valence-corrected chi connectivity index (χ4v) is 6.63. The van der Waals surface area contributed by atoms with Gasteiger partial charge in [-0.05, 0) is 104 Å². The predicted octanol–water partition coefficient (Wildman–Crippen LogP) is 5.10. The number of anilines is 2. The second-order valence-electron chi connectivity index (χ2n) is 9.80. The van der Waals surface area contributed by atoms with Crippen LogP contribution in [-0.2, 0) is 14.5 Å². The molecule has 0 atom stereocenters. The molecule has 0 amide bonds. The van der Waals surface area contributed by atoms with E-state index in [0.717, 1.165) is 46.3 Å². The first kappa shape index (κ1) is 27.7. The smallest absolute Gasteiger partial charge is 0.247 e. The molecule has 0 aliphatic carbocycles. The van der Waals surface area contributed by atoms with E-state index in [4.69, 9.17) is 0 Å². The number of aromatic hydroxyl groups is 1. The Kier molecular flexibility index (Phi) is 8.31. The number of phenolic OH excluding ortho intramolecular Hbond substituents is 1. The van der Waals surface area contributed by atoms with Gasteiger partial charge in [-0.2, -0.15) is 4.31 Å². The van der Waals surface area contributed by atoms with E-state index < -0.39 is 10.0 Å². The number of aryl methyl sites for hydroxylation is 1. The third-order valence-corrected chi connectivity index (χ3v) is 9.74. The number of fused-ring (bicyclic) bond motifs is 1. The van der Waals surface area contributed by atoms with Crippen LogP contribution in [0.4, 0.5) is 11.6 Å². The van der Waals surface area contributed by atoms with E-state index in [0.29, 0.717) is 29.2 Å². The van der Waals surface area contributed by atoms with Crippen molar-refractivity contribution in [2.24, 2.45) is 0 Å². The largest absolute Gasteiger partial charge is 0.508 e. The number of hydrogen-bond donors (Lipinski definition) is 2. The van der Waals surface area contributed by atoms with Gasteiger partial charge in [-0.15, -0.1) is 10.2 Å². The number of aromatic nitrogens is 3. The quantitative estimate of drug-likeness (QED) is 0.189. The minimum Gasteiger partial charge on any atom is -0.508 e. The number of phenols is 1. The van der Waals surface area contributed by atoms with Crippen molar-refractivity contribution >= 4 is 55.3 Å². The second kappa shape index (κ2) is 11.7. The lowest BCUT2D eigenvalue weighted by Gasteiger charge is -2.21. The minimum atomic E-state index is -3.57. The normalized spacial score (nSPS) is 14.4. The van der Waals surface area contributed by atoms with E-state index in [1.54, 1.807) is 43.4 Å². The number of benzene rings is 3. The summed E-state index contributed by atoms with van der Waals surface area (Å²) in [5.41, 5.74) is 5.98. The maximum atomic E-state index is 13.0. The van der Waals surface area contributed by atoms with E-state index >= 15 is 0 Å². The first-order chi connectivity index (χ1) is 18.7. The number of hydrogen-bond acceptors (Lipinski definition) is 8. The summed E-state index contributed by atoms with van der Waals surface area (Å²) in [4.78, 5) is 7.21. The first-order valence-electron chi connectivity index (χ1n) is 12.8. The Morgan fingerprint density at radius 3 is 2.51 bits per heavy atom. The molecule has 0 spiro atoms. The average Bonchev–Trinajstić information content (AvgIpc) is 3.46. The molecule has 4 aromatic rings. The summed E-state index contributed by atoms with van der Waals surface area (Å²) in [5.74, 6) is 0.537. The molecule has 204 valence electrons. The Morgan fingerprint density at radius 1 is 1.05 bits per heavy atom. The van der Waals surface area contributed by atoms with E-state index in [1.807, 2.05) is 25.1 Å². The zero-order chi connectivity index (χ0) is 27.6. The highest BCUT2D eigenvalue weighted by Gasteiger charge is 2.22. The monoisotopic (exact) mass is 658 g/mol. The van der Waals surface area contributed by atoms with Gasteiger partial charge < -0.3 is 15.3 Å². The molecule has 0 radical (unpaired) electrons. The Hall–Kier alpha value is -2.87. The highest BCUT2D eigenvalue weighted by molar-refractivity contribution is 14.1. The standard InChI is InChI=1S/C28H31IN6O3S/c1-19-15-21(25-17-23(36)8-5-20(25)18-29)16-26-27(19)31-28(33-32-26)30-22-6-9-24(10-7-22)39(37,38)34(2)13-14-35-11-3-4-12-35/h5-10,15-17,36H,3-4,11-14,18H2,1-2H3,(H,30,31,33). The maximum absolute atomic E-state index is 13.0. The van der Waals surface area contributed by atoms with E-state index in [9.17, 15) is 13.5 Å². The number of nitrogens with zero attached hydrogens (tertiary/aromatic N) is 5. The van der Waals surface area contributed by atoms with Crippen molar-refractivity contribution < 1.29 is 13.5 Å². The third-order valence-electron chi connectivity index (χ3n) is 7.05. The number of nitrogens with one attached hydrogen (secondary N) is 1. The zero-order valence-electron chi connectivity index (χ0n) is 21.9.